The van der Waals surface area contributed by atoms with E-state index in [1.54, 1.807) is 11.8 Å². The summed E-state index contributed by atoms with van der Waals surface area (Å²) in [6.07, 6.45) is 1.90. The number of benzene rings is 1. The number of aryl methyl sites for hydroxylation is 1. The molecule has 0 saturated carbocycles. The zero-order valence-corrected chi connectivity index (χ0v) is 11.3. The number of hydrogen-bond donors (Lipinski definition) is 0. The highest BCUT2D eigenvalue weighted by Crippen LogP contribution is 2.31. The van der Waals surface area contributed by atoms with E-state index >= 15 is 0 Å². The number of anilines is 1. The number of rotatable bonds is 1. The fourth-order valence-electron chi connectivity index (χ4n) is 2.10. The number of ether oxygens (including phenoxy) is 1. The van der Waals surface area contributed by atoms with Gasteiger partial charge in [-0.15, -0.1) is 0 Å². The lowest BCUT2D eigenvalue weighted by atomic mass is 10.0. The molecule has 0 bridgehead atoms. The highest BCUT2D eigenvalue weighted by Gasteiger charge is 2.20. The Balaban J connectivity index is 2.26. The Kier molecular flexibility index (Phi) is 3.91. The maximum Gasteiger partial charge on any atom is 0.371 e. The van der Waals surface area contributed by atoms with Crippen LogP contribution in [-0.2, 0) is 16.0 Å². The van der Waals surface area contributed by atoms with Crippen LogP contribution < -0.4 is 4.90 Å². The van der Waals surface area contributed by atoms with Gasteiger partial charge in [-0.2, -0.15) is 0 Å². The van der Waals surface area contributed by atoms with Crippen molar-refractivity contribution in [1.29, 1.82) is 0 Å². The van der Waals surface area contributed by atoms with Gasteiger partial charge < -0.3 is 9.64 Å². The van der Waals surface area contributed by atoms with Gasteiger partial charge in [0.05, 0.1) is 7.11 Å². The smallest absolute Gasteiger partial charge is 0.371 e. The Hall–Kier alpha value is -1.49. The van der Waals surface area contributed by atoms with Crippen molar-refractivity contribution in [3.63, 3.8) is 0 Å². The normalized spacial score (nSPS) is 14.0. The third-order valence-corrected chi connectivity index (χ3v) is 3.74. The van der Waals surface area contributed by atoms with Gasteiger partial charge in [-0.3, -0.25) is 4.79 Å². The quantitative estimate of drug-likeness (QED) is 0.578. The van der Waals surface area contributed by atoms with Crippen molar-refractivity contribution in [2.45, 2.75) is 24.7 Å². The number of carbonyl (C=O) groups excluding carboxylic acids is 2. The van der Waals surface area contributed by atoms with E-state index in [-0.39, 0.29) is 11.2 Å². The summed E-state index contributed by atoms with van der Waals surface area (Å²) in [5.74, 6) is 0.0596. The van der Waals surface area contributed by atoms with E-state index in [1.807, 2.05) is 18.2 Å². The van der Waals surface area contributed by atoms with Crippen LogP contribution in [0.4, 0.5) is 10.5 Å². The first-order valence-corrected chi connectivity index (χ1v) is 6.60. The number of fused-ring (bicyclic) bond motifs is 1. The second-order valence-electron chi connectivity index (χ2n) is 4.12. The van der Waals surface area contributed by atoms with E-state index in [2.05, 4.69) is 4.74 Å². The monoisotopic (exact) mass is 265 g/mol. The maximum atomic E-state index is 11.5. The van der Waals surface area contributed by atoms with Crippen LogP contribution in [0.25, 0.3) is 0 Å². The van der Waals surface area contributed by atoms with Gasteiger partial charge in [0.25, 0.3) is 0 Å². The minimum absolute atomic E-state index is 0.0596. The highest BCUT2D eigenvalue weighted by molar-refractivity contribution is 8.13. The molecule has 2 rings (SSSR count). The summed E-state index contributed by atoms with van der Waals surface area (Å²) in [6, 6.07) is 5.72. The van der Waals surface area contributed by atoms with E-state index < -0.39 is 0 Å². The zero-order valence-electron chi connectivity index (χ0n) is 10.4. The molecule has 1 heterocycles. The van der Waals surface area contributed by atoms with Crippen LogP contribution in [0.1, 0.15) is 18.9 Å². The van der Waals surface area contributed by atoms with Crippen LogP contribution in [0.3, 0.4) is 0 Å². The molecule has 0 aliphatic carbocycles. The van der Waals surface area contributed by atoms with Crippen molar-refractivity contribution >= 4 is 28.7 Å². The predicted octanol–water partition coefficient (Wildman–Crippen LogP) is 2.84. The van der Waals surface area contributed by atoms with Gasteiger partial charge in [0.2, 0.25) is 5.91 Å². The summed E-state index contributed by atoms with van der Waals surface area (Å²) in [5, 5.41) is -0.325. The van der Waals surface area contributed by atoms with Crippen LogP contribution in [0.2, 0.25) is 0 Å². The lowest BCUT2D eigenvalue weighted by Crippen LogP contribution is -2.33. The van der Waals surface area contributed by atoms with Crippen molar-refractivity contribution in [3.8, 4) is 0 Å². The lowest BCUT2D eigenvalue weighted by molar-refractivity contribution is -0.116. The molecule has 1 aromatic rings. The molecule has 0 spiro atoms. The molecule has 1 aliphatic rings. The Bertz CT molecular complexity index is 487. The minimum Gasteiger partial charge on any atom is -0.461 e. The van der Waals surface area contributed by atoms with Crippen LogP contribution in [-0.4, -0.2) is 24.9 Å². The fraction of sp³-hybridized carbons (Fsp3) is 0.385. The first kappa shape index (κ1) is 13.0. The Morgan fingerprint density at radius 1 is 1.39 bits per heavy atom. The molecule has 18 heavy (non-hydrogen) atoms. The van der Waals surface area contributed by atoms with Crippen molar-refractivity contribution in [2.24, 2.45) is 0 Å². The topological polar surface area (TPSA) is 46.6 Å². The van der Waals surface area contributed by atoms with Crippen LogP contribution in [0.5, 0.6) is 0 Å². The van der Waals surface area contributed by atoms with Crippen molar-refractivity contribution in [1.82, 2.24) is 0 Å². The number of amides is 1. The third kappa shape index (κ3) is 2.67. The molecule has 5 heteroatoms. The molecular formula is C13H15NO3S. The summed E-state index contributed by atoms with van der Waals surface area (Å²) >= 11 is 1.06. The Morgan fingerprint density at radius 3 is 2.83 bits per heavy atom. The summed E-state index contributed by atoms with van der Waals surface area (Å²) in [4.78, 5) is 25.4. The number of nitrogens with zero attached hydrogens (tertiary/aromatic N) is 1. The van der Waals surface area contributed by atoms with Gasteiger partial charge >= 0.3 is 5.30 Å². The number of carbonyl (C=O) groups is 2. The number of methoxy groups -OCH3 is 1. The summed E-state index contributed by atoms with van der Waals surface area (Å²) in [5.41, 5.74) is 2.08. The molecule has 1 aliphatic heterocycles. The highest BCUT2D eigenvalue weighted by atomic mass is 32.2. The molecule has 0 aromatic heterocycles. The molecule has 96 valence electrons. The fourth-order valence-corrected chi connectivity index (χ4v) is 2.72. The van der Waals surface area contributed by atoms with Gasteiger partial charge in [0.15, 0.2) is 0 Å². The molecule has 1 amide bonds. The molecule has 0 unspecified atom stereocenters. The first-order chi connectivity index (χ1) is 8.61. The number of thioether (sulfide) groups is 1. The zero-order chi connectivity index (χ0) is 13.1. The van der Waals surface area contributed by atoms with E-state index in [1.165, 1.54) is 7.11 Å². The van der Waals surface area contributed by atoms with Gasteiger partial charge in [0, 0.05) is 24.1 Å². The van der Waals surface area contributed by atoms with Crippen molar-refractivity contribution in [3.05, 3.63) is 23.8 Å². The van der Waals surface area contributed by atoms with Gasteiger partial charge in [-0.05, 0) is 48.4 Å². The van der Waals surface area contributed by atoms with Crippen molar-refractivity contribution in [2.75, 3.05) is 18.6 Å². The van der Waals surface area contributed by atoms with Crippen LogP contribution in [0.15, 0.2) is 23.1 Å². The standard InChI is InChI=1S/C13H15NO3S/c1-9(15)14-7-3-4-10-8-11(5-6-12(10)14)18-13(16)17-2/h5-6,8H,3-4,7H2,1-2H3. The predicted molar refractivity (Wildman–Crippen MR) is 71.1 cm³/mol. The maximum absolute atomic E-state index is 11.5. The second kappa shape index (κ2) is 5.44. The average Bonchev–Trinajstić information content (AvgIpc) is 2.37. The summed E-state index contributed by atoms with van der Waals surface area (Å²) in [6.45, 7) is 2.35. The van der Waals surface area contributed by atoms with E-state index in [0.29, 0.717) is 0 Å². The van der Waals surface area contributed by atoms with E-state index in [4.69, 9.17) is 0 Å². The molecule has 4 nitrogen and oxygen atoms in total. The molecule has 0 N–H and O–H groups in total. The third-order valence-electron chi connectivity index (χ3n) is 2.92. The Labute approximate surface area is 110 Å². The van der Waals surface area contributed by atoms with Gasteiger partial charge in [0.1, 0.15) is 0 Å². The Morgan fingerprint density at radius 2 is 2.17 bits per heavy atom. The van der Waals surface area contributed by atoms with E-state index in [9.17, 15) is 9.59 Å². The minimum atomic E-state index is -0.325. The van der Waals surface area contributed by atoms with Crippen LogP contribution in [0, 0.1) is 0 Å². The SMILES string of the molecule is COC(=O)Sc1ccc2c(c1)CCCN2C(C)=O. The number of hydrogen-bond acceptors (Lipinski definition) is 4. The molecule has 0 radical (unpaired) electrons. The molecule has 0 saturated heterocycles. The largest absolute Gasteiger partial charge is 0.461 e. The van der Waals surface area contributed by atoms with Crippen LogP contribution >= 0.6 is 11.8 Å². The molecular weight excluding hydrogens is 250 g/mol. The molecule has 0 atom stereocenters. The molecule has 0 fully saturated rings. The van der Waals surface area contributed by atoms with Gasteiger partial charge in [-0.1, -0.05) is 0 Å². The summed E-state index contributed by atoms with van der Waals surface area (Å²) in [7, 11) is 1.37. The van der Waals surface area contributed by atoms with Crippen molar-refractivity contribution < 1.29 is 14.3 Å². The summed E-state index contributed by atoms with van der Waals surface area (Å²) < 4.78 is 4.62. The first-order valence-electron chi connectivity index (χ1n) is 5.78. The average molecular weight is 265 g/mol. The second-order valence-corrected chi connectivity index (χ2v) is 5.13. The van der Waals surface area contributed by atoms with E-state index in [0.717, 1.165) is 47.3 Å². The lowest BCUT2D eigenvalue weighted by Gasteiger charge is -2.28. The van der Waals surface area contributed by atoms with Gasteiger partial charge in [-0.25, -0.2) is 4.79 Å². The molecule has 1 aromatic carbocycles.